The van der Waals surface area contributed by atoms with E-state index in [-0.39, 0.29) is 15.8 Å². The minimum atomic E-state index is -1.27. The van der Waals surface area contributed by atoms with Crippen molar-refractivity contribution in [1.82, 2.24) is 0 Å². The molecule has 2 rings (SSSR count). The summed E-state index contributed by atoms with van der Waals surface area (Å²) in [6, 6.07) is 2.36. The van der Waals surface area contributed by atoms with Crippen LogP contribution in [0.4, 0.5) is 15.8 Å². The first-order chi connectivity index (χ1) is 8.91. The summed E-state index contributed by atoms with van der Waals surface area (Å²) in [5.41, 5.74) is -1.90. The van der Waals surface area contributed by atoms with Crippen LogP contribution in [0, 0.1) is 15.9 Å². The van der Waals surface area contributed by atoms with Crippen molar-refractivity contribution in [2.75, 3.05) is 5.32 Å². The summed E-state index contributed by atoms with van der Waals surface area (Å²) >= 11 is 3.02. The summed E-state index contributed by atoms with van der Waals surface area (Å²) in [5.74, 6) is -0.750. The van der Waals surface area contributed by atoms with Crippen molar-refractivity contribution in [3.05, 3.63) is 32.5 Å². The first-order valence-corrected chi connectivity index (χ1v) is 6.85. The Morgan fingerprint density at radius 1 is 1.37 bits per heavy atom. The number of hydrogen-bond donors (Lipinski definition) is 2. The molecule has 7 heteroatoms. The number of halogens is 2. The van der Waals surface area contributed by atoms with Crippen LogP contribution in [-0.4, -0.2) is 15.8 Å². The van der Waals surface area contributed by atoms with Crippen LogP contribution in [0.15, 0.2) is 16.6 Å². The number of benzene rings is 1. The third-order valence-electron chi connectivity index (χ3n) is 3.27. The van der Waals surface area contributed by atoms with E-state index >= 15 is 0 Å². The molecule has 1 aliphatic carbocycles. The zero-order valence-electron chi connectivity index (χ0n) is 10.2. The van der Waals surface area contributed by atoms with E-state index < -0.39 is 16.5 Å². The highest BCUT2D eigenvalue weighted by Gasteiger charge is 2.32. The van der Waals surface area contributed by atoms with E-state index in [1.165, 1.54) is 6.07 Å². The minimum absolute atomic E-state index is 0.252. The maximum atomic E-state index is 13.9. The SMILES string of the molecule is O=[N+]([O-])c1cc(Br)cc(F)c1NC1(O)CCCCC1. The van der Waals surface area contributed by atoms with Crippen LogP contribution in [0.1, 0.15) is 32.1 Å². The van der Waals surface area contributed by atoms with Gasteiger partial charge < -0.3 is 10.4 Å². The summed E-state index contributed by atoms with van der Waals surface area (Å²) in [5, 5.41) is 23.9. The van der Waals surface area contributed by atoms with Gasteiger partial charge in [0.05, 0.1) is 4.92 Å². The second-order valence-corrected chi connectivity index (χ2v) is 5.67. The fraction of sp³-hybridized carbons (Fsp3) is 0.500. The van der Waals surface area contributed by atoms with Crippen LogP contribution in [-0.2, 0) is 0 Å². The van der Waals surface area contributed by atoms with Gasteiger partial charge in [-0.25, -0.2) is 4.39 Å². The van der Waals surface area contributed by atoms with Crippen molar-refractivity contribution in [2.45, 2.75) is 37.8 Å². The summed E-state index contributed by atoms with van der Waals surface area (Å²) in [6.07, 6.45) is 3.55. The van der Waals surface area contributed by atoms with Gasteiger partial charge in [0.1, 0.15) is 5.72 Å². The molecule has 0 unspecified atom stereocenters. The second kappa shape index (κ2) is 5.42. The largest absolute Gasteiger partial charge is 0.371 e. The number of hydrogen-bond acceptors (Lipinski definition) is 4. The van der Waals surface area contributed by atoms with Crippen LogP contribution in [0.25, 0.3) is 0 Å². The molecule has 0 aromatic heterocycles. The van der Waals surface area contributed by atoms with E-state index in [0.29, 0.717) is 12.8 Å². The second-order valence-electron chi connectivity index (χ2n) is 4.76. The molecule has 0 aliphatic heterocycles. The highest BCUT2D eigenvalue weighted by molar-refractivity contribution is 9.10. The maximum Gasteiger partial charge on any atom is 0.296 e. The lowest BCUT2D eigenvalue weighted by Gasteiger charge is -2.33. The monoisotopic (exact) mass is 332 g/mol. The molecule has 0 saturated heterocycles. The number of rotatable bonds is 3. The predicted octanol–water partition coefficient (Wildman–Crippen LogP) is 3.56. The lowest BCUT2D eigenvalue weighted by Crippen LogP contribution is -2.40. The zero-order chi connectivity index (χ0) is 14.0. The molecule has 1 fully saturated rings. The molecular formula is C12H14BrFN2O3. The highest BCUT2D eigenvalue weighted by atomic mass is 79.9. The van der Waals surface area contributed by atoms with Crippen molar-refractivity contribution < 1.29 is 14.4 Å². The van der Waals surface area contributed by atoms with E-state index in [0.717, 1.165) is 25.3 Å². The Morgan fingerprint density at radius 3 is 2.58 bits per heavy atom. The van der Waals surface area contributed by atoms with Crippen molar-refractivity contribution >= 4 is 27.3 Å². The van der Waals surface area contributed by atoms with Crippen molar-refractivity contribution in [3.8, 4) is 0 Å². The molecule has 1 aliphatic rings. The van der Waals surface area contributed by atoms with Gasteiger partial charge in [0.2, 0.25) is 0 Å². The maximum absolute atomic E-state index is 13.9. The number of nitro benzene ring substituents is 1. The molecule has 2 N–H and O–H groups in total. The molecule has 0 heterocycles. The Labute approximate surface area is 118 Å². The van der Waals surface area contributed by atoms with Gasteiger partial charge in [-0.15, -0.1) is 0 Å². The Kier molecular flexibility index (Phi) is 4.05. The van der Waals surface area contributed by atoms with Crippen LogP contribution in [0.2, 0.25) is 0 Å². The molecule has 0 spiro atoms. The minimum Gasteiger partial charge on any atom is -0.371 e. The summed E-state index contributed by atoms with van der Waals surface area (Å²) in [4.78, 5) is 10.3. The van der Waals surface area contributed by atoms with Crippen LogP contribution in [0.3, 0.4) is 0 Å². The van der Waals surface area contributed by atoms with E-state index in [9.17, 15) is 19.6 Å². The smallest absolute Gasteiger partial charge is 0.296 e. The van der Waals surface area contributed by atoms with Crippen LogP contribution < -0.4 is 5.32 Å². The lowest BCUT2D eigenvalue weighted by atomic mass is 9.91. The first kappa shape index (κ1) is 14.2. The van der Waals surface area contributed by atoms with E-state index in [1.807, 2.05) is 0 Å². The van der Waals surface area contributed by atoms with Crippen LogP contribution in [0.5, 0.6) is 0 Å². The van der Waals surface area contributed by atoms with E-state index in [4.69, 9.17) is 0 Å². The molecule has 1 aromatic carbocycles. The first-order valence-electron chi connectivity index (χ1n) is 6.05. The van der Waals surface area contributed by atoms with Gasteiger partial charge in [-0.05, 0) is 31.7 Å². The molecule has 0 bridgehead atoms. The number of nitrogens with zero attached hydrogens (tertiary/aromatic N) is 1. The normalized spacial score (nSPS) is 18.1. The van der Waals surface area contributed by atoms with Gasteiger partial charge in [-0.3, -0.25) is 10.1 Å². The van der Waals surface area contributed by atoms with Gasteiger partial charge in [-0.2, -0.15) is 0 Å². The van der Waals surface area contributed by atoms with Crippen molar-refractivity contribution in [1.29, 1.82) is 0 Å². The van der Waals surface area contributed by atoms with Gasteiger partial charge in [-0.1, -0.05) is 22.4 Å². The Bertz CT molecular complexity index is 504. The molecule has 0 radical (unpaired) electrons. The highest BCUT2D eigenvalue weighted by Crippen LogP contribution is 2.36. The quantitative estimate of drug-likeness (QED) is 0.504. The van der Waals surface area contributed by atoms with Gasteiger partial charge in [0.25, 0.3) is 5.69 Å². The van der Waals surface area contributed by atoms with Crippen molar-refractivity contribution in [2.24, 2.45) is 0 Å². The van der Waals surface area contributed by atoms with Crippen molar-refractivity contribution in [3.63, 3.8) is 0 Å². The molecule has 1 saturated carbocycles. The van der Waals surface area contributed by atoms with E-state index in [2.05, 4.69) is 21.2 Å². The fourth-order valence-corrected chi connectivity index (χ4v) is 2.74. The third-order valence-corrected chi connectivity index (χ3v) is 3.73. The Morgan fingerprint density at radius 2 is 2.00 bits per heavy atom. The van der Waals surface area contributed by atoms with Gasteiger partial charge >= 0.3 is 0 Å². The average molecular weight is 333 g/mol. The molecule has 104 valence electrons. The molecule has 1 aromatic rings. The number of aliphatic hydroxyl groups is 1. The van der Waals surface area contributed by atoms with Gasteiger partial charge in [0, 0.05) is 10.5 Å². The molecule has 5 nitrogen and oxygen atoms in total. The number of nitro groups is 1. The molecule has 0 amide bonds. The van der Waals surface area contributed by atoms with E-state index in [1.54, 1.807) is 0 Å². The molecular weight excluding hydrogens is 319 g/mol. The Balaban J connectivity index is 2.35. The number of anilines is 1. The third kappa shape index (κ3) is 3.22. The predicted molar refractivity (Wildman–Crippen MR) is 72.4 cm³/mol. The lowest BCUT2D eigenvalue weighted by molar-refractivity contribution is -0.384. The Hall–Kier alpha value is -1.21. The number of nitrogens with one attached hydrogen (secondary N) is 1. The molecule has 19 heavy (non-hydrogen) atoms. The topological polar surface area (TPSA) is 75.4 Å². The zero-order valence-corrected chi connectivity index (χ0v) is 11.7. The summed E-state index contributed by atoms with van der Waals surface area (Å²) < 4.78 is 14.2. The fourth-order valence-electron chi connectivity index (χ4n) is 2.32. The average Bonchev–Trinajstić information content (AvgIpc) is 2.33. The molecule has 0 atom stereocenters. The summed E-state index contributed by atoms with van der Waals surface area (Å²) in [7, 11) is 0. The standard InChI is InChI=1S/C12H14BrFN2O3/c13-8-6-9(14)11(10(7-8)16(18)19)15-12(17)4-2-1-3-5-12/h6-7,15,17H,1-5H2. The summed E-state index contributed by atoms with van der Waals surface area (Å²) in [6.45, 7) is 0. The van der Waals surface area contributed by atoms with Crippen LogP contribution >= 0.6 is 15.9 Å². The van der Waals surface area contributed by atoms with Gasteiger partial charge in [0.15, 0.2) is 11.5 Å².